The van der Waals surface area contributed by atoms with E-state index in [-0.39, 0.29) is 6.10 Å². The Morgan fingerprint density at radius 2 is 2.26 bits per heavy atom. The van der Waals surface area contributed by atoms with E-state index in [2.05, 4.69) is 10.1 Å². The summed E-state index contributed by atoms with van der Waals surface area (Å²) < 4.78 is 10.9. The number of hydrogen-bond donors (Lipinski definition) is 1. The molecule has 100 valence electrons. The van der Waals surface area contributed by atoms with Gasteiger partial charge in [0.05, 0.1) is 6.10 Å². The fraction of sp³-hybridized carbons (Fsp3) is 0.429. The van der Waals surface area contributed by atoms with Crippen molar-refractivity contribution < 1.29 is 9.26 Å². The van der Waals surface area contributed by atoms with Crippen molar-refractivity contribution in [3.63, 3.8) is 0 Å². The van der Waals surface area contributed by atoms with E-state index in [1.807, 2.05) is 24.3 Å². The van der Waals surface area contributed by atoms with Gasteiger partial charge in [-0.15, -0.1) is 0 Å². The highest BCUT2D eigenvalue weighted by atomic mass is 16.5. The third kappa shape index (κ3) is 2.93. The predicted molar refractivity (Wildman–Crippen MR) is 71.4 cm³/mol. The Kier molecular flexibility index (Phi) is 3.46. The van der Waals surface area contributed by atoms with Gasteiger partial charge in [0, 0.05) is 24.3 Å². The summed E-state index contributed by atoms with van der Waals surface area (Å²) in [5, 5.41) is 4.01. The fourth-order valence-corrected chi connectivity index (χ4v) is 2.30. The second-order valence-electron chi connectivity index (χ2n) is 4.83. The molecule has 19 heavy (non-hydrogen) atoms. The topological polar surface area (TPSA) is 74.2 Å². The summed E-state index contributed by atoms with van der Waals surface area (Å²) in [5.74, 6) is 1.21. The van der Waals surface area contributed by atoms with Gasteiger partial charge in [-0.1, -0.05) is 11.2 Å². The Bertz CT molecular complexity index is 547. The number of ether oxygens (including phenoxy) is 1. The maximum absolute atomic E-state index is 5.74. The average molecular weight is 259 g/mol. The summed E-state index contributed by atoms with van der Waals surface area (Å²) in [4.78, 5) is 4.40. The summed E-state index contributed by atoms with van der Waals surface area (Å²) in [5.41, 5.74) is 7.28. The van der Waals surface area contributed by atoms with Gasteiger partial charge in [0.2, 0.25) is 0 Å². The van der Waals surface area contributed by atoms with Crippen LogP contribution in [0.15, 0.2) is 28.8 Å². The van der Waals surface area contributed by atoms with E-state index in [0.717, 1.165) is 25.0 Å². The molecule has 1 aromatic carbocycles. The minimum atomic E-state index is 0.222. The van der Waals surface area contributed by atoms with Gasteiger partial charge in [0.15, 0.2) is 5.82 Å². The lowest BCUT2D eigenvalue weighted by Crippen LogP contribution is -2.21. The number of aromatic nitrogens is 2. The van der Waals surface area contributed by atoms with Crippen LogP contribution in [0.3, 0.4) is 0 Å². The van der Waals surface area contributed by atoms with E-state index in [0.29, 0.717) is 23.8 Å². The third-order valence-corrected chi connectivity index (χ3v) is 3.29. The van der Waals surface area contributed by atoms with Gasteiger partial charge in [-0.05, 0) is 37.5 Å². The van der Waals surface area contributed by atoms with Crippen LogP contribution in [-0.4, -0.2) is 22.9 Å². The minimum Gasteiger partial charge on any atom is -0.399 e. The maximum atomic E-state index is 5.74. The molecule has 5 nitrogen and oxygen atoms in total. The van der Waals surface area contributed by atoms with Crippen LogP contribution in [0.2, 0.25) is 0 Å². The molecule has 0 saturated carbocycles. The maximum Gasteiger partial charge on any atom is 0.257 e. The van der Waals surface area contributed by atoms with Crippen molar-refractivity contribution in [1.29, 1.82) is 0 Å². The van der Waals surface area contributed by atoms with E-state index in [1.165, 1.54) is 6.42 Å². The Morgan fingerprint density at radius 1 is 1.32 bits per heavy atom. The molecule has 1 saturated heterocycles. The van der Waals surface area contributed by atoms with Gasteiger partial charge < -0.3 is 15.0 Å². The van der Waals surface area contributed by atoms with Gasteiger partial charge in [-0.3, -0.25) is 0 Å². The van der Waals surface area contributed by atoms with Crippen molar-refractivity contribution in [3.05, 3.63) is 30.1 Å². The van der Waals surface area contributed by atoms with Crippen LogP contribution in [-0.2, 0) is 11.2 Å². The lowest BCUT2D eigenvalue weighted by atomic mass is 10.1. The number of benzene rings is 1. The van der Waals surface area contributed by atoms with E-state index in [9.17, 15) is 0 Å². The Labute approximate surface area is 111 Å². The van der Waals surface area contributed by atoms with Crippen LogP contribution in [0.5, 0.6) is 0 Å². The zero-order valence-corrected chi connectivity index (χ0v) is 10.7. The molecule has 0 amide bonds. The molecule has 0 bridgehead atoms. The monoisotopic (exact) mass is 259 g/mol. The molecule has 1 fully saturated rings. The zero-order chi connectivity index (χ0) is 13.1. The van der Waals surface area contributed by atoms with E-state index >= 15 is 0 Å². The van der Waals surface area contributed by atoms with Gasteiger partial charge in [0.25, 0.3) is 5.89 Å². The summed E-state index contributed by atoms with van der Waals surface area (Å²) >= 11 is 0. The highest BCUT2D eigenvalue weighted by Gasteiger charge is 2.18. The van der Waals surface area contributed by atoms with Crippen molar-refractivity contribution in [3.8, 4) is 11.5 Å². The first kappa shape index (κ1) is 12.2. The number of anilines is 1. The van der Waals surface area contributed by atoms with Gasteiger partial charge in [-0.2, -0.15) is 4.98 Å². The summed E-state index contributed by atoms with van der Waals surface area (Å²) in [6, 6.07) is 7.44. The molecule has 1 unspecified atom stereocenters. The van der Waals surface area contributed by atoms with Crippen LogP contribution >= 0.6 is 0 Å². The Balaban J connectivity index is 1.72. The molecule has 5 heteroatoms. The lowest BCUT2D eigenvalue weighted by Gasteiger charge is -2.20. The normalized spacial score (nSPS) is 19.5. The van der Waals surface area contributed by atoms with E-state index < -0.39 is 0 Å². The average Bonchev–Trinajstić information content (AvgIpc) is 2.88. The van der Waals surface area contributed by atoms with Crippen LogP contribution in [0.25, 0.3) is 11.5 Å². The number of nitrogen functional groups attached to an aromatic ring is 1. The van der Waals surface area contributed by atoms with Gasteiger partial charge in [-0.25, -0.2) is 0 Å². The largest absolute Gasteiger partial charge is 0.399 e. The molecule has 0 aliphatic carbocycles. The van der Waals surface area contributed by atoms with Crippen LogP contribution in [0, 0.1) is 0 Å². The summed E-state index contributed by atoms with van der Waals surface area (Å²) in [6.07, 6.45) is 4.37. The van der Waals surface area contributed by atoms with Gasteiger partial charge >= 0.3 is 0 Å². The van der Waals surface area contributed by atoms with Crippen LogP contribution < -0.4 is 5.73 Å². The standard InChI is InChI=1S/C14H17N3O2/c15-11-5-3-4-10(8-11)14-16-13(17-19-14)9-12-6-1-2-7-18-12/h3-5,8,12H,1-2,6-7,9,15H2. The lowest BCUT2D eigenvalue weighted by molar-refractivity contribution is 0.0153. The van der Waals surface area contributed by atoms with E-state index in [1.54, 1.807) is 0 Å². The second kappa shape index (κ2) is 5.40. The molecule has 2 aromatic rings. The molecule has 1 aliphatic rings. The first-order chi connectivity index (χ1) is 9.31. The quantitative estimate of drug-likeness (QED) is 0.857. The molecule has 3 rings (SSSR count). The zero-order valence-electron chi connectivity index (χ0n) is 10.7. The molecule has 2 N–H and O–H groups in total. The first-order valence-electron chi connectivity index (χ1n) is 6.61. The van der Waals surface area contributed by atoms with Crippen LogP contribution in [0.1, 0.15) is 25.1 Å². The molecule has 1 aliphatic heterocycles. The number of nitrogens with zero attached hydrogens (tertiary/aromatic N) is 2. The minimum absolute atomic E-state index is 0.222. The molecule has 1 aromatic heterocycles. The van der Waals surface area contributed by atoms with Crippen molar-refractivity contribution in [2.24, 2.45) is 0 Å². The highest BCUT2D eigenvalue weighted by molar-refractivity contribution is 5.59. The molecule has 1 atom stereocenters. The van der Waals surface area contributed by atoms with Crippen molar-refractivity contribution in [1.82, 2.24) is 10.1 Å². The molecule has 2 heterocycles. The van der Waals surface area contributed by atoms with Crippen molar-refractivity contribution in [2.45, 2.75) is 31.8 Å². The SMILES string of the molecule is Nc1cccc(-c2nc(CC3CCCCO3)no2)c1. The summed E-state index contributed by atoms with van der Waals surface area (Å²) in [6.45, 7) is 0.838. The van der Waals surface area contributed by atoms with Crippen LogP contribution in [0.4, 0.5) is 5.69 Å². The second-order valence-corrected chi connectivity index (χ2v) is 4.83. The Hall–Kier alpha value is -1.88. The molecule has 0 spiro atoms. The highest BCUT2D eigenvalue weighted by Crippen LogP contribution is 2.21. The predicted octanol–water partition coefficient (Wildman–Crippen LogP) is 2.43. The number of hydrogen-bond acceptors (Lipinski definition) is 5. The Morgan fingerprint density at radius 3 is 3.05 bits per heavy atom. The molecule has 0 radical (unpaired) electrons. The van der Waals surface area contributed by atoms with Gasteiger partial charge in [0.1, 0.15) is 0 Å². The van der Waals surface area contributed by atoms with Crippen molar-refractivity contribution >= 4 is 5.69 Å². The first-order valence-corrected chi connectivity index (χ1v) is 6.61. The van der Waals surface area contributed by atoms with E-state index in [4.69, 9.17) is 15.0 Å². The smallest absolute Gasteiger partial charge is 0.257 e. The molecular weight excluding hydrogens is 242 g/mol. The number of rotatable bonds is 3. The van der Waals surface area contributed by atoms with Crippen molar-refractivity contribution in [2.75, 3.05) is 12.3 Å². The summed E-state index contributed by atoms with van der Waals surface area (Å²) in [7, 11) is 0. The number of nitrogens with two attached hydrogens (primary N) is 1. The molecular formula is C14H17N3O2. The fourth-order valence-electron chi connectivity index (χ4n) is 2.30. The third-order valence-electron chi connectivity index (χ3n) is 3.29.